The molecule has 15 heavy (non-hydrogen) atoms. The third-order valence-corrected chi connectivity index (χ3v) is 2.65. The minimum atomic E-state index is -0.887. The summed E-state index contributed by atoms with van der Waals surface area (Å²) in [5.41, 5.74) is 5.95. The van der Waals surface area contributed by atoms with Crippen LogP contribution >= 0.6 is 15.9 Å². The van der Waals surface area contributed by atoms with E-state index in [0.29, 0.717) is 10.0 Å². The summed E-state index contributed by atoms with van der Waals surface area (Å²) in [6.45, 7) is 1.65. The molecule has 1 rings (SSSR count). The molecule has 3 N–H and O–H groups in total. The first-order valence-corrected chi connectivity index (χ1v) is 5.23. The van der Waals surface area contributed by atoms with Gasteiger partial charge in [-0.25, -0.2) is 4.39 Å². The van der Waals surface area contributed by atoms with E-state index in [-0.39, 0.29) is 5.75 Å². The Kier molecular flexibility index (Phi) is 4.07. The largest absolute Gasteiger partial charge is 0.492 e. The third kappa shape index (κ3) is 2.68. The summed E-state index contributed by atoms with van der Waals surface area (Å²) < 4.78 is 18.7. The quantitative estimate of drug-likeness (QED) is 0.888. The molecule has 0 saturated heterocycles. The van der Waals surface area contributed by atoms with Crippen LogP contribution in [0, 0.1) is 5.82 Å². The van der Waals surface area contributed by atoms with Crippen LogP contribution in [-0.4, -0.2) is 18.3 Å². The van der Waals surface area contributed by atoms with Gasteiger partial charge in [-0.3, -0.25) is 0 Å². The summed E-state index contributed by atoms with van der Waals surface area (Å²) in [6.07, 6.45) is -0.887. The van der Waals surface area contributed by atoms with E-state index in [1.807, 2.05) is 0 Å². The average molecular weight is 278 g/mol. The Labute approximate surface area is 96.2 Å². The molecule has 0 heterocycles. The fourth-order valence-electron chi connectivity index (χ4n) is 1.25. The van der Waals surface area contributed by atoms with Crippen molar-refractivity contribution < 1.29 is 14.2 Å². The number of methoxy groups -OCH3 is 1. The first-order valence-electron chi connectivity index (χ1n) is 4.44. The van der Waals surface area contributed by atoms with Crippen molar-refractivity contribution in [2.24, 2.45) is 5.73 Å². The highest BCUT2D eigenvalue weighted by Gasteiger charge is 2.17. The number of ether oxygens (including phenoxy) is 1. The predicted molar refractivity (Wildman–Crippen MR) is 59.3 cm³/mol. The Balaban J connectivity index is 3.14. The van der Waals surface area contributed by atoms with Crippen molar-refractivity contribution >= 4 is 15.9 Å². The summed E-state index contributed by atoms with van der Waals surface area (Å²) in [4.78, 5) is 0. The van der Waals surface area contributed by atoms with Gasteiger partial charge < -0.3 is 15.6 Å². The number of aliphatic hydroxyl groups excluding tert-OH is 1. The molecule has 0 amide bonds. The minimum absolute atomic E-state index is 0.121. The molecule has 0 fully saturated rings. The zero-order chi connectivity index (χ0) is 11.6. The monoisotopic (exact) mass is 277 g/mol. The molecular weight excluding hydrogens is 265 g/mol. The van der Waals surface area contributed by atoms with Gasteiger partial charge in [0.1, 0.15) is 0 Å². The van der Waals surface area contributed by atoms with Crippen LogP contribution in [0.4, 0.5) is 4.39 Å². The molecule has 84 valence electrons. The minimum Gasteiger partial charge on any atom is -0.492 e. The van der Waals surface area contributed by atoms with Gasteiger partial charge in [0, 0.05) is 6.04 Å². The number of aliphatic hydroxyl groups is 1. The number of hydrogen-bond donors (Lipinski definition) is 2. The predicted octanol–water partition coefficient (Wildman–Crippen LogP) is 1.98. The van der Waals surface area contributed by atoms with Crippen LogP contribution in [-0.2, 0) is 0 Å². The van der Waals surface area contributed by atoms with Crippen LogP contribution in [0.25, 0.3) is 0 Å². The molecule has 0 aliphatic carbocycles. The molecule has 1 aromatic carbocycles. The van der Waals surface area contributed by atoms with E-state index >= 15 is 0 Å². The van der Waals surface area contributed by atoms with Crippen molar-refractivity contribution in [1.82, 2.24) is 0 Å². The van der Waals surface area contributed by atoms with Gasteiger partial charge in [-0.2, -0.15) is 0 Å². The Hall–Kier alpha value is -0.650. The maximum Gasteiger partial charge on any atom is 0.168 e. The zero-order valence-electron chi connectivity index (χ0n) is 8.50. The molecule has 0 aliphatic rings. The standard InChI is InChI=1S/C10H13BrFNO2/c1-5(13)9(14)6-3-7(11)10(15-2)8(12)4-6/h3-5,9,14H,13H2,1-2H3. The Morgan fingerprint density at radius 2 is 2.13 bits per heavy atom. The normalized spacial score (nSPS) is 14.8. The molecule has 2 unspecified atom stereocenters. The van der Waals surface area contributed by atoms with E-state index in [4.69, 9.17) is 10.5 Å². The maximum atomic E-state index is 13.4. The Morgan fingerprint density at radius 1 is 1.53 bits per heavy atom. The topological polar surface area (TPSA) is 55.5 Å². The van der Waals surface area contributed by atoms with Crippen LogP contribution in [0.15, 0.2) is 16.6 Å². The molecule has 0 bridgehead atoms. The second-order valence-corrected chi connectivity index (χ2v) is 4.18. The lowest BCUT2D eigenvalue weighted by atomic mass is 10.0. The molecule has 2 atom stereocenters. The van der Waals surface area contributed by atoms with Gasteiger partial charge in [0.15, 0.2) is 11.6 Å². The smallest absolute Gasteiger partial charge is 0.168 e. The fourth-order valence-corrected chi connectivity index (χ4v) is 1.86. The van der Waals surface area contributed by atoms with Gasteiger partial charge >= 0.3 is 0 Å². The van der Waals surface area contributed by atoms with Gasteiger partial charge in [0.25, 0.3) is 0 Å². The lowest BCUT2D eigenvalue weighted by Crippen LogP contribution is -2.24. The molecule has 3 nitrogen and oxygen atoms in total. The van der Waals surface area contributed by atoms with Crippen molar-refractivity contribution in [2.45, 2.75) is 19.1 Å². The lowest BCUT2D eigenvalue weighted by molar-refractivity contribution is 0.152. The highest BCUT2D eigenvalue weighted by Crippen LogP contribution is 2.31. The Morgan fingerprint density at radius 3 is 2.53 bits per heavy atom. The van der Waals surface area contributed by atoms with Gasteiger partial charge in [-0.05, 0) is 40.5 Å². The molecule has 0 spiro atoms. The van der Waals surface area contributed by atoms with Crippen LogP contribution in [0.3, 0.4) is 0 Å². The van der Waals surface area contributed by atoms with E-state index in [2.05, 4.69) is 15.9 Å². The summed E-state index contributed by atoms with van der Waals surface area (Å²) in [5.74, 6) is -0.405. The molecule has 0 radical (unpaired) electrons. The summed E-state index contributed by atoms with van der Waals surface area (Å²) in [6, 6.07) is 2.36. The molecule has 0 aliphatic heterocycles. The molecule has 0 aromatic heterocycles. The van der Waals surface area contributed by atoms with Gasteiger partial charge in [0.2, 0.25) is 0 Å². The SMILES string of the molecule is COc1c(F)cc(C(O)C(C)N)cc1Br. The second kappa shape index (κ2) is 4.92. The van der Waals surface area contributed by atoms with Crippen LogP contribution in [0.2, 0.25) is 0 Å². The van der Waals surface area contributed by atoms with E-state index in [0.717, 1.165) is 0 Å². The van der Waals surface area contributed by atoms with E-state index < -0.39 is 18.0 Å². The zero-order valence-corrected chi connectivity index (χ0v) is 10.1. The maximum absolute atomic E-state index is 13.4. The summed E-state index contributed by atoms with van der Waals surface area (Å²) in [7, 11) is 1.38. The number of nitrogens with two attached hydrogens (primary N) is 1. The van der Waals surface area contributed by atoms with Crippen LogP contribution < -0.4 is 10.5 Å². The number of benzene rings is 1. The average Bonchev–Trinajstić information content (AvgIpc) is 2.15. The summed E-state index contributed by atoms with van der Waals surface area (Å²) in [5, 5.41) is 9.66. The van der Waals surface area contributed by atoms with Gasteiger partial charge in [0.05, 0.1) is 17.7 Å². The van der Waals surface area contributed by atoms with Crippen molar-refractivity contribution in [3.63, 3.8) is 0 Å². The van der Waals surface area contributed by atoms with Gasteiger partial charge in [-0.15, -0.1) is 0 Å². The third-order valence-electron chi connectivity index (χ3n) is 2.06. The van der Waals surface area contributed by atoms with Crippen molar-refractivity contribution in [2.75, 3.05) is 7.11 Å². The van der Waals surface area contributed by atoms with Crippen LogP contribution in [0.1, 0.15) is 18.6 Å². The number of hydrogen-bond acceptors (Lipinski definition) is 3. The first-order chi connectivity index (χ1) is 6.97. The van der Waals surface area contributed by atoms with Gasteiger partial charge in [-0.1, -0.05) is 0 Å². The van der Waals surface area contributed by atoms with Crippen molar-refractivity contribution in [1.29, 1.82) is 0 Å². The highest BCUT2D eigenvalue weighted by atomic mass is 79.9. The first kappa shape index (κ1) is 12.4. The second-order valence-electron chi connectivity index (χ2n) is 3.32. The van der Waals surface area contributed by atoms with E-state index in [1.165, 1.54) is 13.2 Å². The lowest BCUT2D eigenvalue weighted by Gasteiger charge is -2.16. The molecule has 1 aromatic rings. The van der Waals surface area contributed by atoms with Crippen LogP contribution in [0.5, 0.6) is 5.75 Å². The molecule has 0 saturated carbocycles. The van der Waals surface area contributed by atoms with Crippen molar-refractivity contribution in [3.05, 3.63) is 28.0 Å². The number of rotatable bonds is 3. The summed E-state index contributed by atoms with van der Waals surface area (Å²) >= 11 is 3.16. The van der Waals surface area contributed by atoms with Crippen molar-refractivity contribution in [3.8, 4) is 5.75 Å². The van der Waals surface area contributed by atoms with E-state index in [1.54, 1.807) is 13.0 Å². The Bertz CT molecular complexity index is 334. The molecular formula is C10H13BrFNO2. The highest BCUT2D eigenvalue weighted by molar-refractivity contribution is 9.10. The molecule has 5 heteroatoms. The van der Waals surface area contributed by atoms with E-state index in [9.17, 15) is 9.50 Å². The number of halogens is 2. The fraction of sp³-hybridized carbons (Fsp3) is 0.400.